The molecular formula is C19H24N4O6. The Hall–Kier alpha value is -3.17. The van der Waals surface area contributed by atoms with Crippen LogP contribution in [0, 0.1) is 10.1 Å². The lowest BCUT2D eigenvalue weighted by Gasteiger charge is -2.15. The average Bonchev–Trinajstić information content (AvgIpc) is 3.34. The highest BCUT2D eigenvalue weighted by atomic mass is 16.6. The van der Waals surface area contributed by atoms with Crippen molar-refractivity contribution in [3.63, 3.8) is 0 Å². The number of carbonyl (C=O) groups is 3. The number of nitro groups is 1. The van der Waals surface area contributed by atoms with E-state index in [0.717, 1.165) is 44.6 Å². The lowest BCUT2D eigenvalue weighted by atomic mass is 10.1. The molecule has 1 aromatic carbocycles. The minimum absolute atomic E-state index is 0.0453. The van der Waals surface area contributed by atoms with Gasteiger partial charge in [-0.25, -0.2) is 9.59 Å². The summed E-state index contributed by atoms with van der Waals surface area (Å²) < 4.78 is 5.06. The molecule has 156 valence electrons. The van der Waals surface area contributed by atoms with Gasteiger partial charge in [0.05, 0.1) is 10.5 Å². The molecule has 1 atom stereocenters. The molecule has 0 aromatic heterocycles. The van der Waals surface area contributed by atoms with Crippen LogP contribution in [-0.4, -0.2) is 41.0 Å². The Morgan fingerprint density at radius 3 is 2.45 bits per heavy atom. The summed E-state index contributed by atoms with van der Waals surface area (Å²) in [5.74, 6) is -1.65. The zero-order chi connectivity index (χ0) is 21.0. The third-order valence-corrected chi connectivity index (χ3v) is 4.95. The van der Waals surface area contributed by atoms with Crippen molar-refractivity contribution < 1.29 is 24.0 Å². The Balaban J connectivity index is 1.56. The van der Waals surface area contributed by atoms with E-state index in [1.54, 1.807) is 0 Å². The fraction of sp³-hybridized carbons (Fsp3) is 0.526. The lowest BCUT2D eigenvalue weighted by molar-refractivity contribution is -0.384. The van der Waals surface area contributed by atoms with Gasteiger partial charge in [0.25, 0.3) is 11.6 Å². The van der Waals surface area contributed by atoms with Crippen LogP contribution in [0.3, 0.4) is 0 Å². The summed E-state index contributed by atoms with van der Waals surface area (Å²) in [5, 5.41) is 19.2. The Morgan fingerprint density at radius 1 is 1.14 bits per heavy atom. The Kier molecular flexibility index (Phi) is 6.30. The van der Waals surface area contributed by atoms with E-state index in [-0.39, 0.29) is 23.3 Å². The van der Waals surface area contributed by atoms with Crippen LogP contribution in [-0.2, 0) is 9.53 Å². The summed E-state index contributed by atoms with van der Waals surface area (Å²) in [7, 11) is 0. The zero-order valence-electron chi connectivity index (χ0n) is 16.1. The summed E-state index contributed by atoms with van der Waals surface area (Å²) in [4.78, 5) is 47.0. The van der Waals surface area contributed by atoms with Gasteiger partial charge in [-0.3, -0.25) is 20.2 Å². The number of imide groups is 1. The number of nitrogens with one attached hydrogen (secondary N) is 3. The van der Waals surface area contributed by atoms with Crippen LogP contribution < -0.4 is 16.0 Å². The molecule has 0 unspecified atom stereocenters. The molecule has 0 spiro atoms. The van der Waals surface area contributed by atoms with E-state index in [1.807, 2.05) is 0 Å². The largest absolute Gasteiger partial charge is 0.449 e. The van der Waals surface area contributed by atoms with Crippen molar-refractivity contribution in [2.24, 2.45) is 0 Å². The number of anilines is 1. The molecule has 3 rings (SSSR count). The van der Waals surface area contributed by atoms with Gasteiger partial charge in [0.2, 0.25) is 0 Å². The number of nitro benzene ring substituents is 1. The Bertz CT molecular complexity index is 817. The summed E-state index contributed by atoms with van der Waals surface area (Å²) in [6.07, 6.45) is 4.47. The Labute approximate surface area is 167 Å². The smallest absolute Gasteiger partial charge is 0.339 e. The maximum atomic E-state index is 12.3. The number of rotatable bonds is 7. The number of nitrogens with zero attached hydrogens (tertiary/aromatic N) is 1. The van der Waals surface area contributed by atoms with Gasteiger partial charge in [0, 0.05) is 18.2 Å². The molecule has 0 heterocycles. The van der Waals surface area contributed by atoms with Crippen molar-refractivity contribution in [3.8, 4) is 0 Å². The quantitative estimate of drug-likeness (QED) is 0.360. The number of ether oxygens (including phenoxy) is 1. The maximum absolute atomic E-state index is 12.3. The molecule has 10 heteroatoms. The fourth-order valence-corrected chi connectivity index (χ4v) is 3.17. The number of esters is 1. The second kappa shape index (κ2) is 8.89. The van der Waals surface area contributed by atoms with E-state index in [2.05, 4.69) is 16.0 Å². The van der Waals surface area contributed by atoms with Gasteiger partial charge in [0.15, 0.2) is 6.10 Å². The molecule has 2 fully saturated rings. The number of amides is 3. The van der Waals surface area contributed by atoms with Crippen molar-refractivity contribution in [2.75, 3.05) is 5.32 Å². The highest BCUT2D eigenvalue weighted by molar-refractivity contribution is 5.99. The molecule has 1 aromatic rings. The van der Waals surface area contributed by atoms with Gasteiger partial charge in [-0.05, 0) is 44.7 Å². The standard InChI is InChI=1S/C19H24N4O6/c1-11(17(24)22-19(26)21-13-4-2-3-5-13)29-18(25)12-6-9-15(20-14-7-8-14)16(10-12)23(27)28/h6,9-11,13-14,20H,2-5,7-8H2,1H3,(H2,21,22,24,26)/t11-/m0/s1. The second-order valence-corrected chi connectivity index (χ2v) is 7.40. The SMILES string of the molecule is C[C@H](OC(=O)c1ccc(NC2CC2)c([N+](=O)[O-])c1)C(=O)NC(=O)NC1CCCC1. The summed E-state index contributed by atoms with van der Waals surface area (Å²) >= 11 is 0. The van der Waals surface area contributed by atoms with Gasteiger partial charge in [-0.15, -0.1) is 0 Å². The third-order valence-electron chi connectivity index (χ3n) is 4.95. The first kappa shape index (κ1) is 20.6. The first-order valence-electron chi connectivity index (χ1n) is 9.71. The zero-order valence-corrected chi connectivity index (χ0v) is 16.1. The molecular weight excluding hydrogens is 380 g/mol. The molecule has 10 nitrogen and oxygen atoms in total. The van der Waals surface area contributed by atoms with Crippen LogP contribution in [0.2, 0.25) is 0 Å². The number of carbonyl (C=O) groups excluding carboxylic acids is 3. The van der Waals surface area contributed by atoms with Crippen molar-refractivity contribution in [3.05, 3.63) is 33.9 Å². The lowest BCUT2D eigenvalue weighted by Crippen LogP contribution is -2.47. The van der Waals surface area contributed by atoms with E-state index in [1.165, 1.54) is 19.1 Å². The molecule has 3 amide bonds. The molecule has 0 aliphatic heterocycles. The topological polar surface area (TPSA) is 140 Å². The molecule has 0 saturated heterocycles. The van der Waals surface area contributed by atoms with Crippen LogP contribution in [0.5, 0.6) is 0 Å². The number of urea groups is 1. The molecule has 0 radical (unpaired) electrons. The van der Waals surface area contributed by atoms with Crippen molar-refractivity contribution in [2.45, 2.75) is 63.6 Å². The normalized spacial score (nSPS) is 17.3. The van der Waals surface area contributed by atoms with Crippen LogP contribution in [0.1, 0.15) is 55.8 Å². The van der Waals surface area contributed by atoms with E-state index < -0.39 is 28.9 Å². The number of hydrogen-bond acceptors (Lipinski definition) is 7. The third kappa shape index (κ3) is 5.66. The van der Waals surface area contributed by atoms with Crippen molar-refractivity contribution in [1.29, 1.82) is 0 Å². The van der Waals surface area contributed by atoms with E-state index in [9.17, 15) is 24.5 Å². The first-order chi connectivity index (χ1) is 13.8. The highest BCUT2D eigenvalue weighted by Crippen LogP contribution is 2.31. The van der Waals surface area contributed by atoms with E-state index in [4.69, 9.17) is 4.74 Å². The summed E-state index contributed by atoms with van der Waals surface area (Å²) in [6.45, 7) is 1.33. The predicted molar refractivity (Wildman–Crippen MR) is 104 cm³/mol. The van der Waals surface area contributed by atoms with Gasteiger partial charge >= 0.3 is 12.0 Å². The molecule has 2 aliphatic carbocycles. The summed E-state index contributed by atoms with van der Waals surface area (Å²) in [5.41, 5.74) is 0.0518. The molecule has 2 aliphatic rings. The minimum Gasteiger partial charge on any atom is -0.449 e. The first-order valence-corrected chi connectivity index (χ1v) is 9.71. The monoisotopic (exact) mass is 404 g/mol. The van der Waals surface area contributed by atoms with Gasteiger partial charge in [-0.1, -0.05) is 12.8 Å². The van der Waals surface area contributed by atoms with Crippen LogP contribution in [0.25, 0.3) is 0 Å². The van der Waals surface area contributed by atoms with Crippen LogP contribution in [0.15, 0.2) is 18.2 Å². The predicted octanol–water partition coefficient (Wildman–Crippen LogP) is 2.48. The molecule has 0 bridgehead atoms. The van der Waals surface area contributed by atoms with Gasteiger partial charge in [0.1, 0.15) is 5.69 Å². The van der Waals surface area contributed by atoms with E-state index in [0.29, 0.717) is 5.69 Å². The van der Waals surface area contributed by atoms with Crippen LogP contribution >= 0.6 is 0 Å². The maximum Gasteiger partial charge on any atom is 0.339 e. The van der Waals surface area contributed by atoms with Gasteiger partial charge in [-0.2, -0.15) is 0 Å². The van der Waals surface area contributed by atoms with Crippen molar-refractivity contribution >= 4 is 29.3 Å². The summed E-state index contributed by atoms with van der Waals surface area (Å²) in [6, 6.07) is 3.60. The fourth-order valence-electron chi connectivity index (χ4n) is 3.17. The van der Waals surface area contributed by atoms with Gasteiger partial charge < -0.3 is 15.4 Å². The second-order valence-electron chi connectivity index (χ2n) is 7.40. The number of hydrogen-bond donors (Lipinski definition) is 3. The average molecular weight is 404 g/mol. The molecule has 3 N–H and O–H groups in total. The van der Waals surface area contributed by atoms with Crippen LogP contribution in [0.4, 0.5) is 16.2 Å². The van der Waals surface area contributed by atoms with E-state index >= 15 is 0 Å². The number of benzene rings is 1. The minimum atomic E-state index is -1.24. The molecule has 2 saturated carbocycles. The Morgan fingerprint density at radius 2 is 1.83 bits per heavy atom. The van der Waals surface area contributed by atoms with Crippen molar-refractivity contribution in [1.82, 2.24) is 10.6 Å². The molecule has 29 heavy (non-hydrogen) atoms. The highest BCUT2D eigenvalue weighted by Gasteiger charge is 2.27.